The van der Waals surface area contributed by atoms with Gasteiger partial charge in [0.2, 0.25) is 0 Å². The number of hydrogen-bond acceptors (Lipinski definition) is 5. The van der Waals surface area contributed by atoms with Crippen molar-refractivity contribution in [2.24, 2.45) is 5.92 Å². The maximum Gasteiger partial charge on any atom is 0.192 e. The minimum atomic E-state index is -1.94. The molecule has 6 nitrogen and oxygen atoms in total. The Labute approximate surface area is 249 Å². The number of anilines is 1. The summed E-state index contributed by atoms with van der Waals surface area (Å²) in [6.45, 7) is 24.2. The van der Waals surface area contributed by atoms with Crippen LogP contribution in [0.25, 0.3) is 11.0 Å². The first-order chi connectivity index (χ1) is 19.1. The summed E-state index contributed by atoms with van der Waals surface area (Å²) >= 11 is 0. The summed E-state index contributed by atoms with van der Waals surface area (Å²) in [7, 11) is -3.80. The Morgan fingerprint density at radius 2 is 1.63 bits per heavy atom. The molecule has 3 aromatic rings. The van der Waals surface area contributed by atoms with Crippen LogP contribution in [-0.4, -0.2) is 43.9 Å². The highest BCUT2D eigenvalue weighted by Crippen LogP contribution is 2.46. The normalized spacial score (nSPS) is 23.8. The molecular weight excluding hydrogens is 541 g/mol. The fraction of sp³-hybridized carbons (Fsp3) is 0.636. The molecule has 2 aliphatic carbocycles. The molecule has 2 heterocycles. The van der Waals surface area contributed by atoms with E-state index >= 15 is 0 Å². The maximum atomic E-state index is 7.13. The van der Waals surface area contributed by atoms with Gasteiger partial charge in [0.25, 0.3) is 0 Å². The molecule has 4 atom stereocenters. The topological polar surface area (TPSA) is 61.2 Å². The van der Waals surface area contributed by atoms with E-state index < -0.39 is 16.6 Å². The number of benzene rings is 1. The fourth-order valence-corrected chi connectivity index (χ4v) is 8.41. The summed E-state index contributed by atoms with van der Waals surface area (Å²) < 4.78 is 16.3. The van der Waals surface area contributed by atoms with Crippen LogP contribution >= 0.6 is 0 Å². The van der Waals surface area contributed by atoms with Crippen molar-refractivity contribution in [3.63, 3.8) is 0 Å². The quantitative estimate of drug-likeness (QED) is 0.265. The van der Waals surface area contributed by atoms with Crippen LogP contribution in [0.1, 0.15) is 84.0 Å². The second kappa shape index (κ2) is 10.9. The van der Waals surface area contributed by atoms with Crippen molar-refractivity contribution in [3.8, 4) is 0 Å². The Balaban J connectivity index is 1.39. The Kier molecular flexibility index (Phi) is 8.11. The molecule has 0 saturated heterocycles. The third-order valence-electron chi connectivity index (χ3n) is 10.7. The van der Waals surface area contributed by atoms with Gasteiger partial charge in [-0.05, 0) is 79.1 Å². The average molecular weight is 593 g/mol. The Morgan fingerprint density at radius 1 is 0.927 bits per heavy atom. The first-order valence-electron chi connectivity index (χ1n) is 15.5. The standard InChI is InChI=1S/C33H52N4O2Si2/c1-32(2,3)40(7,8)38-21-24-19-25(20-29(24)39-41(9,10)33(4,5)6)37-18-17-27-30(34-22-35-31(27)37)36-28-16-15-23-13-11-12-14-26(23)28/h11-14,17-18,22,24-25,28-29H,15-16,19-21H2,1-10H3,(H,34,35,36)/t24?,25-,28+,29?/m1/s1. The van der Waals surface area contributed by atoms with Crippen LogP contribution < -0.4 is 5.32 Å². The van der Waals surface area contributed by atoms with E-state index in [1.807, 2.05) is 0 Å². The van der Waals surface area contributed by atoms with Crippen molar-refractivity contribution >= 4 is 33.5 Å². The van der Waals surface area contributed by atoms with Gasteiger partial charge in [-0.2, -0.15) is 0 Å². The minimum absolute atomic E-state index is 0.169. The molecular formula is C33H52N4O2Si2. The summed E-state index contributed by atoms with van der Waals surface area (Å²) in [6, 6.07) is 11.6. The number of aromatic nitrogens is 3. The van der Waals surface area contributed by atoms with Gasteiger partial charge in [-0.15, -0.1) is 0 Å². The van der Waals surface area contributed by atoms with Crippen LogP contribution in [0.3, 0.4) is 0 Å². The lowest BCUT2D eigenvalue weighted by Gasteiger charge is -2.41. The van der Waals surface area contributed by atoms with Gasteiger partial charge >= 0.3 is 0 Å². The zero-order valence-corrected chi connectivity index (χ0v) is 29.0. The summed E-state index contributed by atoms with van der Waals surface area (Å²) in [5, 5.41) is 5.22. The van der Waals surface area contributed by atoms with Crippen molar-refractivity contribution in [2.45, 2.75) is 122 Å². The van der Waals surface area contributed by atoms with Gasteiger partial charge in [-0.1, -0.05) is 65.8 Å². The van der Waals surface area contributed by atoms with Crippen molar-refractivity contribution < 1.29 is 8.85 Å². The number of fused-ring (bicyclic) bond motifs is 2. The van der Waals surface area contributed by atoms with E-state index in [1.165, 1.54) is 11.1 Å². The predicted molar refractivity (Wildman–Crippen MR) is 176 cm³/mol. The molecule has 0 amide bonds. The van der Waals surface area contributed by atoms with Gasteiger partial charge in [0, 0.05) is 24.8 Å². The largest absolute Gasteiger partial charge is 0.416 e. The first-order valence-corrected chi connectivity index (χ1v) is 21.4. The van der Waals surface area contributed by atoms with Gasteiger partial charge in [0.1, 0.15) is 17.8 Å². The number of nitrogens with one attached hydrogen (secondary N) is 1. The van der Waals surface area contributed by atoms with Crippen LogP contribution in [0, 0.1) is 5.92 Å². The van der Waals surface area contributed by atoms with Gasteiger partial charge in [0.15, 0.2) is 16.6 Å². The highest BCUT2D eigenvalue weighted by atomic mass is 28.4. The number of aryl methyl sites for hydroxylation is 1. The van der Waals surface area contributed by atoms with Crippen LogP contribution in [0.4, 0.5) is 5.82 Å². The van der Waals surface area contributed by atoms with Crippen molar-refractivity contribution in [1.82, 2.24) is 14.5 Å². The summed E-state index contributed by atoms with van der Waals surface area (Å²) in [4.78, 5) is 9.50. The van der Waals surface area contributed by atoms with Gasteiger partial charge in [-0.25, -0.2) is 9.97 Å². The molecule has 0 aliphatic heterocycles. The van der Waals surface area contributed by atoms with Gasteiger partial charge < -0.3 is 18.7 Å². The fourth-order valence-electron chi connectivity index (χ4n) is 5.94. The number of rotatable bonds is 8. The third kappa shape index (κ3) is 6.08. The average Bonchev–Trinajstić information content (AvgIpc) is 3.59. The molecule has 5 rings (SSSR count). The minimum Gasteiger partial charge on any atom is -0.416 e. The van der Waals surface area contributed by atoms with Crippen LogP contribution in [0.2, 0.25) is 36.3 Å². The lowest BCUT2D eigenvalue weighted by Crippen LogP contribution is -2.46. The van der Waals surface area contributed by atoms with E-state index in [4.69, 9.17) is 18.8 Å². The zero-order chi connectivity index (χ0) is 29.8. The van der Waals surface area contributed by atoms with E-state index in [2.05, 4.69) is 114 Å². The molecule has 2 aromatic heterocycles. The zero-order valence-electron chi connectivity index (χ0n) is 27.0. The van der Waals surface area contributed by atoms with Crippen LogP contribution in [0.5, 0.6) is 0 Å². The lowest BCUT2D eigenvalue weighted by atomic mass is 10.1. The van der Waals surface area contributed by atoms with Crippen molar-refractivity contribution in [3.05, 3.63) is 54.0 Å². The highest BCUT2D eigenvalue weighted by molar-refractivity contribution is 6.74. The molecule has 1 saturated carbocycles. The van der Waals surface area contributed by atoms with E-state index in [-0.39, 0.29) is 16.2 Å². The molecule has 0 spiro atoms. The van der Waals surface area contributed by atoms with Gasteiger partial charge in [-0.3, -0.25) is 0 Å². The summed E-state index contributed by atoms with van der Waals surface area (Å²) in [5.74, 6) is 1.30. The molecule has 1 fully saturated rings. The van der Waals surface area contributed by atoms with Crippen LogP contribution in [-0.2, 0) is 15.3 Å². The Bertz CT molecular complexity index is 1370. The highest BCUT2D eigenvalue weighted by Gasteiger charge is 2.46. The van der Waals surface area contributed by atoms with E-state index in [9.17, 15) is 0 Å². The SMILES string of the molecule is CC(C)(C)[Si](C)(C)OCC1C[C@@H](n2ccc3c(N[C@H]4CCc5ccccc54)ncnc32)CC1O[Si](C)(C)C(C)(C)C. The molecule has 1 aromatic carbocycles. The Morgan fingerprint density at radius 3 is 2.34 bits per heavy atom. The van der Waals surface area contributed by atoms with E-state index in [0.29, 0.717) is 18.0 Å². The lowest BCUT2D eigenvalue weighted by molar-refractivity contribution is 0.101. The molecule has 8 heteroatoms. The van der Waals surface area contributed by atoms with Crippen molar-refractivity contribution in [1.29, 1.82) is 0 Å². The van der Waals surface area contributed by atoms with E-state index in [0.717, 1.165) is 49.1 Å². The molecule has 0 radical (unpaired) electrons. The smallest absolute Gasteiger partial charge is 0.192 e. The summed E-state index contributed by atoms with van der Waals surface area (Å²) in [6.07, 6.45) is 8.37. The number of nitrogens with zero attached hydrogens (tertiary/aromatic N) is 3. The van der Waals surface area contributed by atoms with Crippen LogP contribution in [0.15, 0.2) is 42.9 Å². The molecule has 2 aliphatic rings. The van der Waals surface area contributed by atoms with Gasteiger partial charge in [0.05, 0.1) is 17.5 Å². The second-order valence-electron chi connectivity index (χ2n) is 15.5. The third-order valence-corrected chi connectivity index (χ3v) is 19.7. The summed E-state index contributed by atoms with van der Waals surface area (Å²) in [5.41, 5.74) is 3.85. The molecule has 1 N–H and O–H groups in total. The maximum absolute atomic E-state index is 7.13. The van der Waals surface area contributed by atoms with E-state index in [1.54, 1.807) is 6.33 Å². The first kappa shape index (κ1) is 30.5. The molecule has 224 valence electrons. The molecule has 2 unspecified atom stereocenters. The molecule has 41 heavy (non-hydrogen) atoms. The predicted octanol–water partition coefficient (Wildman–Crippen LogP) is 8.89. The van der Waals surface area contributed by atoms with Crippen molar-refractivity contribution in [2.75, 3.05) is 11.9 Å². The number of hydrogen-bond donors (Lipinski definition) is 1. The second-order valence-corrected chi connectivity index (χ2v) is 25.1. The monoisotopic (exact) mass is 592 g/mol. The molecule has 0 bridgehead atoms. The Hall–Kier alpha value is -2.01.